The molecule has 0 spiro atoms. The van der Waals surface area contributed by atoms with Gasteiger partial charge in [-0.25, -0.2) is 0 Å². The zero-order chi connectivity index (χ0) is 17.7. The standard InChI is InChI=1S/C19H27N3O2/c1-13(2)24-18-8-6-17(7-9-18)12-20-19(23)11-16(5)22-15(4)10-14(3)21-22/h6-10,13,16H,11-12H2,1-5H3,(H,20,23)/t16-/m1/s1. The van der Waals surface area contributed by atoms with Crippen LogP contribution in [-0.4, -0.2) is 21.8 Å². The van der Waals surface area contributed by atoms with Crippen LogP contribution < -0.4 is 10.1 Å². The van der Waals surface area contributed by atoms with Crippen molar-refractivity contribution in [2.75, 3.05) is 0 Å². The number of benzene rings is 1. The van der Waals surface area contributed by atoms with Crippen LogP contribution in [0.25, 0.3) is 0 Å². The Bertz CT molecular complexity index is 674. The molecule has 2 rings (SSSR count). The Hall–Kier alpha value is -2.30. The summed E-state index contributed by atoms with van der Waals surface area (Å²) in [7, 11) is 0. The highest BCUT2D eigenvalue weighted by atomic mass is 16.5. The smallest absolute Gasteiger partial charge is 0.222 e. The Labute approximate surface area is 144 Å². The third-order valence-corrected chi connectivity index (χ3v) is 3.73. The molecule has 130 valence electrons. The van der Waals surface area contributed by atoms with E-state index in [1.807, 2.05) is 69.6 Å². The van der Waals surface area contributed by atoms with Crippen LogP contribution in [0.1, 0.15) is 50.2 Å². The minimum Gasteiger partial charge on any atom is -0.491 e. The Balaban J connectivity index is 1.83. The summed E-state index contributed by atoms with van der Waals surface area (Å²) in [4.78, 5) is 12.2. The SMILES string of the molecule is Cc1cc(C)n([C@H](C)CC(=O)NCc2ccc(OC(C)C)cc2)n1. The summed E-state index contributed by atoms with van der Waals surface area (Å²) >= 11 is 0. The average molecular weight is 329 g/mol. The highest BCUT2D eigenvalue weighted by Crippen LogP contribution is 2.15. The van der Waals surface area contributed by atoms with Gasteiger partial charge in [-0.2, -0.15) is 5.10 Å². The minimum absolute atomic E-state index is 0.0255. The molecule has 1 N–H and O–H groups in total. The van der Waals surface area contributed by atoms with Crippen molar-refractivity contribution in [1.29, 1.82) is 0 Å². The normalized spacial score (nSPS) is 12.2. The zero-order valence-corrected chi connectivity index (χ0v) is 15.2. The van der Waals surface area contributed by atoms with Gasteiger partial charge in [-0.3, -0.25) is 9.48 Å². The quantitative estimate of drug-likeness (QED) is 0.845. The second-order valence-electron chi connectivity index (χ2n) is 6.51. The molecule has 1 amide bonds. The molecule has 0 aliphatic heterocycles. The van der Waals surface area contributed by atoms with Gasteiger partial charge in [0.25, 0.3) is 0 Å². The molecule has 1 heterocycles. The van der Waals surface area contributed by atoms with E-state index in [1.54, 1.807) is 0 Å². The van der Waals surface area contributed by atoms with Crippen molar-refractivity contribution in [2.45, 2.75) is 59.7 Å². The Morgan fingerprint density at radius 3 is 2.42 bits per heavy atom. The van der Waals surface area contributed by atoms with Gasteiger partial charge in [0, 0.05) is 18.7 Å². The molecule has 5 nitrogen and oxygen atoms in total. The van der Waals surface area contributed by atoms with Gasteiger partial charge in [0.1, 0.15) is 5.75 Å². The molecule has 1 aromatic heterocycles. The largest absolute Gasteiger partial charge is 0.491 e. The molecule has 24 heavy (non-hydrogen) atoms. The second kappa shape index (κ2) is 7.99. The van der Waals surface area contributed by atoms with Gasteiger partial charge in [-0.15, -0.1) is 0 Å². The number of carbonyl (C=O) groups is 1. The maximum absolute atomic E-state index is 12.2. The van der Waals surface area contributed by atoms with E-state index in [1.165, 1.54) is 0 Å². The van der Waals surface area contributed by atoms with Crippen LogP contribution >= 0.6 is 0 Å². The van der Waals surface area contributed by atoms with Crippen LogP contribution in [0.5, 0.6) is 5.75 Å². The second-order valence-corrected chi connectivity index (χ2v) is 6.51. The van der Waals surface area contributed by atoms with Gasteiger partial charge in [-0.05, 0) is 58.4 Å². The maximum Gasteiger partial charge on any atom is 0.222 e. The van der Waals surface area contributed by atoms with E-state index in [9.17, 15) is 4.79 Å². The van der Waals surface area contributed by atoms with E-state index in [0.717, 1.165) is 22.7 Å². The number of hydrogen-bond acceptors (Lipinski definition) is 3. The van der Waals surface area contributed by atoms with Crippen molar-refractivity contribution < 1.29 is 9.53 Å². The van der Waals surface area contributed by atoms with Gasteiger partial charge < -0.3 is 10.1 Å². The number of carbonyl (C=O) groups excluding carboxylic acids is 1. The van der Waals surface area contributed by atoms with E-state index in [4.69, 9.17) is 4.74 Å². The number of aryl methyl sites for hydroxylation is 2. The summed E-state index contributed by atoms with van der Waals surface area (Å²) in [5.74, 6) is 0.871. The first-order chi connectivity index (χ1) is 11.3. The van der Waals surface area contributed by atoms with Gasteiger partial charge in [-0.1, -0.05) is 12.1 Å². The van der Waals surface area contributed by atoms with Crippen molar-refractivity contribution in [2.24, 2.45) is 0 Å². The molecule has 0 saturated carbocycles. The van der Waals surface area contributed by atoms with Crippen LogP contribution in [0.3, 0.4) is 0 Å². The third-order valence-electron chi connectivity index (χ3n) is 3.73. The fourth-order valence-corrected chi connectivity index (χ4v) is 2.68. The molecule has 1 atom stereocenters. The monoisotopic (exact) mass is 329 g/mol. The summed E-state index contributed by atoms with van der Waals surface area (Å²) in [6.45, 7) is 10.5. The highest BCUT2D eigenvalue weighted by Gasteiger charge is 2.13. The molecule has 5 heteroatoms. The Morgan fingerprint density at radius 2 is 1.88 bits per heavy atom. The molecule has 0 aliphatic carbocycles. The molecule has 0 radical (unpaired) electrons. The number of nitrogens with zero attached hydrogens (tertiary/aromatic N) is 2. The van der Waals surface area contributed by atoms with Gasteiger partial charge in [0.05, 0.1) is 17.8 Å². The first-order valence-corrected chi connectivity index (χ1v) is 8.40. The molecule has 0 saturated heterocycles. The van der Waals surface area contributed by atoms with E-state index >= 15 is 0 Å². The van der Waals surface area contributed by atoms with Crippen molar-refractivity contribution in [3.63, 3.8) is 0 Å². The van der Waals surface area contributed by atoms with Crippen LogP contribution in [0.15, 0.2) is 30.3 Å². The lowest BCUT2D eigenvalue weighted by atomic mass is 10.2. The molecule has 1 aromatic carbocycles. The lowest BCUT2D eigenvalue weighted by Gasteiger charge is -2.14. The van der Waals surface area contributed by atoms with Crippen molar-refractivity contribution >= 4 is 5.91 Å². The molecule has 0 unspecified atom stereocenters. The lowest BCUT2D eigenvalue weighted by Crippen LogP contribution is -2.26. The Morgan fingerprint density at radius 1 is 1.21 bits per heavy atom. The highest BCUT2D eigenvalue weighted by molar-refractivity contribution is 5.76. The summed E-state index contributed by atoms with van der Waals surface area (Å²) in [5.41, 5.74) is 3.11. The fraction of sp³-hybridized carbons (Fsp3) is 0.474. The predicted octanol–water partition coefficient (Wildman–Crippen LogP) is 3.55. The number of nitrogens with one attached hydrogen (secondary N) is 1. The first kappa shape index (κ1) is 18.0. The van der Waals surface area contributed by atoms with Crippen molar-refractivity contribution in [1.82, 2.24) is 15.1 Å². The van der Waals surface area contributed by atoms with Gasteiger partial charge in [0.2, 0.25) is 5.91 Å². The van der Waals surface area contributed by atoms with Crippen molar-refractivity contribution in [3.8, 4) is 5.75 Å². The summed E-state index contributed by atoms with van der Waals surface area (Å²) in [6, 6.07) is 9.88. The molecule has 0 aliphatic rings. The average Bonchev–Trinajstić information content (AvgIpc) is 2.85. The number of aromatic nitrogens is 2. The van der Waals surface area contributed by atoms with Crippen LogP contribution in [0, 0.1) is 13.8 Å². The fourth-order valence-electron chi connectivity index (χ4n) is 2.68. The molecular weight excluding hydrogens is 302 g/mol. The summed E-state index contributed by atoms with van der Waals surface area (Å²) in [5, 5.41) is 7.40. The van der Waals surface area contributed by atoms with E-state index in [0.29, 0.717) is 13.0 Å². The predicted molar refractivity (Wildman–Crippen MR) is 95.1 cm³/mol. The number of rotatable bonds is 7. The molecular formula is C19H27N3O2. The number of hydrogen-bond donors (Lipinski definition) is 1. The van der Waals surface area contributed by atoms with Gasteiger partial charge >= 0.3 is 0 Å². The van der Waals surface area contributed by atoms with E-state index in [2.05, 4.69) is 10.4 Å². The maximum atomic E-state index is 12.2. The summed E-state index contributed by atoms with van der Waals surface area (Å²) < 4.78 is 7.52. The van der Waals surface area contributed by atoms with E-state index in [-0.39, 0.29) is 18.1 Å². The number of ether oxygens (including phenoxy) is 1. The van der Waals surface area contributed by atoms with Crippen LogP contribution in [0.2, 0.25) is 0 Å². The van der Waals surface area contributed by atoms with E-state index < -0.39 is 0 Å². The topological polar surface area (TPSA) is 56.2 Å². The summed E-state index contributed by atoms with van der Waals surface area (Å²) in [6.07, 6.45) is 0.572. The van der Waals surface area contributed by atoms with Gasteiger partial charge in [0.15, 0.2) is 0 Å². The molecule has 0 bridgehead atoms. The zero-order valence-electron chi connectivity index (χ0n) is 15.2. The van der Waals surface area contributed by atoms with Crippen LogP contribution in [-0.2, 0) is 11.3 Å². The minimum atomic E-state index is 0.0255. The third kappa shape index (κ3) is 5.11. The van der Waals surface area contributed by atoms with Crippen LogP contribution in [0.4, 0.5) is 0 Å². The molecule has 2 aromatic rings. The lowest BCUT2D eigenvalue weighted by molar-refractivity contribution is -0.122. The first-order valence-electron chi connectivity index (χ1n) is 8.40. The molecule has 0 fully saturated rings. The number of amides is 1. The Kier molecular flexibility index (Phi) is 6.01. The van der Waals surface area contributed by atoms with Crippen molar-refractivity contribution in [3.05, 3.63) is 47.3 Å².